The first-order valence-corrected chi connectivity index (χ1v) is 5.03. The van der Waals surface area contributed by atoms with Gasteiger partial charge in [0.05, 0.1) is 23.5 Å². The number of hydrogen-bond donors (Lipinski definition) is 0. The third kappa shape index (κ3) is 3.59. The van der Waals surface area contributed by atoms with Crippen LogP contribution in [-0.4, -0.2) is 16.5 Å². The van der Waals surface area contributed by atoms with E-state index in [0.717, 1.165) is 4.57 Å². The first-order valence-electron chi connectivity index (χ1n) is 5.03. The molecule has 0 saturated heterocycles. The molecule has 0 spiro atoms. The zero-order valence-corrected chi connectivity index (χ0v) is 12.9. The maximum absolute atomic E-state index is 12.5. The Morgan fingerprint density at radius 3 is 2.56 bits per heavy atom. The van der Waals surface area contributed by atoms with Crippen LogP contribution in [0.1, 0.15) is 5.82 Å². The number of benzene rings is 1. The molecule has 1 heterocycles. The van der Waals surface area contributed by atoms with Gasteiger partial charge in [0.2, 0.25) is 0 Å². The number of fused-ring (bicyclic) bond motifs is 1. The van der Waals surface area contributed by atoms with Gasteiger partial charge in [0, 0.05) is 0 Å². The molecule has 0 amide bonds. The van der Waals surface area contributed by atoms with Crippen molar-refractivity contribution in [3.8, 4) is 6.07 Å². The number of para-hydroxylation sites is 2. The van der Waals surface area contributed by atoms with E-state index < -0.39 is 13.4 Å². The first-order chi connectivity index (χ1) is 8.01. The van der Waals surface area contributed by atoms with Crippen molar-refractivity contribution in [3.63, 3.8) is 0 Å². The Morgan fingerprint density at radius 2 is 1.94 bits per heavy atom. The second-order valence-electron chi connectivity index (χ2n) is 3.67. The summed E-state index contributed by atoms with van der Waals surface area (Å²) in [5.41, 5.74) is 0.898. The third-order valence-corrected chi connectivity index (χ3v) is 2.36. The molecule has 0 N–H and O–H groups in total. The molecule has 0 aliphatic rings. The van der Waals surface area contributed by atoms with Gasteiger partial charge < -0.3 is 17.5 Å². The van der Waals surface area contributed by atoms with E-state index in [4.69, 9.17) is 5.26 Å². The quantitative estimate of drug-likeness (QED) is 0.709. The van der Waals surface area contributed by atoms with Crippen LogP contribution in [0.15, 0.2) is 24.3 Å². The fourth-order valence-corrected chi connectivity index (χ4v) is 1.74. The molecule has 3 nitrogen and oxygen atoms in total. The van der Waals surface area contributed by atoms with Crippen molar-refractivity contribution in [1.82, 2.24) is 9.55 Å². The molecule has 0 saturated carbocycles. The minimum Gasteiger partial charge on any atom is -0.448 e. The smallest absolute Gasteiger partial charge is 0.448 e. The Bertz CT molecular complexity index is 588. The van der Waals surface area contributed by atoms with Gasteiger partial charge in [-0.1, -0.05) is 12.1 Å². The molecule has 2 aromatic rings. The second kappa shape index (κ2) is 6.21. The van der Waals surface area contributed by atoms with Crippen LogP contribution in [0.3, 0.4) is 0 Å². The summed E-state index contributed by atoms with van der Waals surface area (Å²) in [5.74, 6) is 0.160. The molecule has 8 heteroatoms. The molecule has 18 heavy (non-hydrogen) atoms. The molecule has 1 aromatic carbocycles. The molecule has 0 radical (unpaired) electrons. The number of halogens is 3. The molecular weight excluding hydrogens is 269 g/mol. The topological polar surface area (TPSA) is 41.6 Å². The zero-order chi connectivity index (χ0) is 12.5. The van der Waals surface area contributed by atoms with E-state index in [9.17, 15) is 12.9 Å². The molecule has 0 atom stereocenters. The predicted octanol–water partition coefficient (Wildman–Crippen LogP) is -0.507. The number of nitriles is 1. The van der Waals surface area contributed by atoms with Gasteiger partial charge in [0.15, 0.2) is 0 Å². The molecule has 1 aromatic heterocycles. The van der Waals surface area contributed by atoms with E-state index >= 15 is 0 Å². The van der Waals surface area contributed by atoms with E-state index in [0.29, 0.717) is 11.0 Å². The van der Waals surface area contributed by atoms with E-state index in [1.165, 1.54) is 0 Å². The Labute approximate surface area is 144 Å². The standard InChI is InChI=1S/C10H8BF3N3.K/c12-11(13,14)7-17-9-4-2-1-3-8(9)16-10(17)5-6-15;/h1-4H,5,7H2;/q-1;+1. The van der Waals surface area contributed by atoms with Crippen LogP contribution in [0.5, 0.6) is 0 Å². The summed E-state index contributed by atoms with van der Waals surface area (Å²) in [4.78, 5) is 4.04. The Balaban J connectivity index is 0.00000162. The number of imidazole rings is 1. The summed E-state index contributed by atoms with van der Waals surface area (Å²) in [6.45, 7) is -4.96. The zero-order valence-electron chi connectivity index (χ0n) is 9.78. The summed E-state index contributed by atoms with van der Waals surface area (Å²) in [5, 5.41) is 8.59. The second-order valence-corrected chi connectivity index (χ2v) is 3.67. The molecule has 88 valence electrons. The van der Waals surface area contributed by atoms with Crippen molar-refractivity contribution < 1.29 is 64.3 Å². The fraction of sp³-hybridized carbons (Fsp3) is 0.200. The maximum atomic E-state index is 12.5. The Morgan fingerprint density at radius 1 is 1.28 bits per heavy atom. The SMILES string of the molecule is N#CCc1nc2ccccc2n1C[B-](F)(F)F.[K+]. The average molecular weight is 277 g/mol. The van der Waals surface area contributed by atoms with Crippen molar-refractivity contribution in [2.75, 3.05) is 0 Å². The third-order valence-electron chi connectivity index (χ3n) is 2.36. The number of aromatic nitrogens is 2. The number of rotatable bonds is 3. The van der Waals surface area contributed by atoms with Crippen LogP contribution in [0, 0.1) is 11.3 Å². The van der Waals surface area contributed by atoms with Crippen LogP contribution in [-0.2, 0) is 12.9 Å². The van der Waals surface area contributed by atoms with Crippen molar-refractivity contribution in [3.05, 3.63) is 30.1 Å². The van der Waals surface area contributed by atoms with Crippen molar-refractivity contribution >= 4 is 18.0 Å². The van der Waals surface area contributed by atoms with Gasteiger partial charge in [-0.2, -0.15) is 5.26 Å². The van der Waals surface area contributed by atoms with Crippen molar-refractivity contribution in [2.45, 2.75) is 12.9 Å². The maximum Gasteiger partial charge on any atom is 1.00 e. The summed E-state index contributed by atoms with van der Waals surface area (Å²) < 4.78 is 38.6. The summed E-state index contributed by atoms with van der Waals surface area (Å²) in [6.07, 6.45) is -1.18. The van der Waals surface area contributed by atoms with E-state index in [-0.39, 0.29) is 63.6 Å². The minimum absolute atomic E-state index is 0. The van der Waals surface area contributed by atoms with Gasteiger partial charge in [-0.3, -0.25) is 0 Å². The number of hydrogen-bond acceptors (Lipinski definition) is 2. The Kier molecular flexibility index (Phi) is 5.43. The minimum atomic E-state index is -4.96. The monoisotopic (exact) mass is 277 g/mol. The van der Waals surface area contributed by atoms with Crippen molar-refractivity contribution in [2.24, 2.45) is 0 Å². The number of nitrogens with zero attached hydrogens (tertiary/aromatic N) is 3. The molecule has 0 fully saturated rings. The summed E-state index contributed by atoms with van der Waals surface area (Å²) in [7, 11) is 0. The van der Waals surface area contributed by atoms with Crippen LogP contribution in [0.2, 0.25) is 0 Å². The normalized spacial score (nSPS) is 11.0. The van der Waals surface area contributed by atoms with Gasteiger partial charge in [0.1, 0.15) is 5.82 Å². The van der Waals surface area contributed by atoms with Crippen LogP contribution in [0.25, 0.3) is 11.0 Å². The fourth-order valence-electron chi connectivity index (χ4n) is 1.74. The van der Waals surface area contributed by atoms with Gasteiger partial charge >= 0.3 is 58.4 Å². The summed E-state index contributed by atoms with van der Waals surface area (Å²) in [6, 6.07) is 8.39. The molecular formula is C10H8BF3KN3. The van der Waals surface area contributed by atoms with E-state index in [1.54, 1.807) is 24.3 Å². The van der Waals surface area contributed by atoms with Crippen molar-refractivity contribution in [1.29, 1.82) is 5.26 Å². The van der Waals surface area contributed by atoms with Gasteiger partial charge in [-0.15, -0.1) is 0 Å². The van der Waals surface area contributed by atoms with Gasteiger partial charge in [-0.05, 0) is 18.6 Å². The first kappa shape index (κ1) is 15.7. The predicted molar refractivity (Wildman–Crippen MR) is 58.1 cm³/mol. The largest absolute Gasteiger partial charge is 1.00 e. The molecule has 0 bridgehead atoms. The van der Waals surface area contributed by atoms with Gasteiger partial charge in [0.25, 0.3) is 0 Å². The van der Waals surface area contributed by atoms with Crippen LogP contribution < -0.4 is 51.4 Å². The van der Waals surface area contributed by atoms with E-state index in [1.807, 2.05) is 6.07 Å². The summed E-state index contributed by atoms with van der Waals surface area (Å²) >= 11 is 0. The van der Waals surface area contributed by atoms with Crippen LogP contribution in [0.4, 0.5) is 12.9 Å². The molecule has 0 aliphatic carbocycles. The molecule has 0 unspecified atom stereocenters. The van der Waals surface area contributed by atoms with E-state index in [2.05, 4.69) is 4.98 Å². The molecule has 0 aliphatic heterocycles. The molecule has 2 rings (SSSR count). The Hall–Kier alpha value is -0.329. The average Bonchev–Trinajstić information content (AvgIpc) is 2.56. The van der Waals surface area contributed by atoms with Crippen LogP contribution >= 0.6 is 0 Å². The van der Waals surface area contributed by atoms with Gasteiger partial charge in [-0.25, -0.2) is 4.98 Å².